The Bertz CT molecular complexity index is 1460. The van der Waals surface area contributed by atoms with Crippen LogP contribution in [0.1, 0.15) is 105 Å². The van der Waals surface area contributed by atoms with E-state index in [-0.39, 0.29) is 42.4 Å². The molecule has 1 unspecified atom stereocenters. The van der Waals surface area contributed by atoms with Gasteiger partial charge in [0.1, 0.15) is 5.92 Å². The van der Waals surface area contributed by atoms with Crippen molar-refractivity contribution in [1.29, 1.82) is 0 Å². The summed E-state index contributed by atoms with van der Waals surface area (Å²) in [5.41, 5.74) is -0.153. The van der Waals surface area contributed by atoms with Gasteiger partial charge < -0.3 is 10.2 Å². The summed E-state index contributed by atoms with van der Waals surface area (Å²) in [4.78, 5) is 59.1. The number of benzene rings is 1. The summed E-state index contributed by atoms with van der Waals surface area (Å²) in [5.74, 6) is -5.51. The van der Waals surface area contributed by atoms with Crippen molar-refractivity contribution in [2.75, 3.05) is 0 Å². The number of carbonyl (C=O) groups is 4. The van der Waals surface area contributed by atoms with Gasteiger partial charge in [0, 0.05) is 5.56 Å². The van der Waals surface area contributed by atoms with E-state index < -0.39 is 51.0 Å². The maximum Gasteiger partial charge on any atom is 0.181 e. The van der Waals surface area contributed by atoms with Gasteiger partial charge >= 0.3 is 0 Å². The lowest BCUT2D eigenvalue weighted by atomic mass is 9.37. The number of aromatic hydroxyl groups is 2. The molecule has 2 aliphatic rings. The first-order valence-electron chi connectivity index (χ1n) is 15.6. The van der Waals surface area contributed by atoms with E-state index in [0.717, 1.165) is 34.4 Å². The Morgan fingerprint density at radius 3 is 2.02 bits per heavy atom. The fourth-order valence-electron chi connectivity index (χ4n) is 7.29. The highest BCUT2D eigenvalue weighted by atomic mass is 16.3. The van der Waals surface area contributed by atoms with Gasteiger partial charge in [0.2, 0.25) is 0 Å². The highest BCUT2D eigenvalue weighted by molar-refractivity contribution is 6.38. The first-order chi connectivity index (χ1) is 20.3. The molecule has 2 saturated carbocycles. The average molecular weight is 603 g/mol. The summed E-state index contributed by atoms with van der Waals surface area (Å²) >= 11 is 0. The smallest absolute Gasteiger partial charge is 0.181 e. The molecule has 0 heterocycles. The molecule has 5 atom stereocenters. The number of Topliss-reactive ketones (excluding diaryl/α,β-unsaturated/α-hetero) is 4. The molecular weight excluding hydrogens is 552 g/mol. The number of allylic oxidation sites excluding steroid dienone is 7. The van der Waals surface area contributed by atoms with Crippen molar-refractivity contribution in [2.45, 2.75) is 94.4 Å². The van der Waals surface area contributed by atoms with Crippen LogP contribution in [0.4, 0.5) is 0 Å². The molecule has 1 aromatic carbocycles. The third-order valence-corrected chi connectivity index (χ3v) is 10.2. The van der Waals surface area contributed by atoms with Crippen LogP contribution >= 0.6 is 0 Å². The van der Waals surface area contributed by atoms with Crippen LogP contribution in [0.3, 0.4) is 0 Å². The minimum atomic E-state index is -1.71. The van der Waals surface area contributed by atoms with Gasteiger partial charge in [-0.25, -0.2) is 0 Å². The van der Waals surface area contributed by atoms with Crippen LogP contribution in [0.15, 0.2) is 65.3 Å². The van der Waals surface area contributed by atoms with Gasteiger partial charge in [-0.2, -0.15) is 0 Å². The molecule has 6 nitrogen and oxygen atoms in total. The Balaban J connectivity index is 2.39. The SMILES string of the molecule is C=C(C)[C@H](CC=C(C)C)C[C@@]12C[C@@H](CC=C(C)C)C(C)(C)[C@@](CC=C(C)C)(C(=O)C(C(=O)c3ccc(O)c(O)c3)C1=O)C2=O. The molecule has 2 bridgehead atoms. The molecule has 44 heavy (non-hydrogen) atoms. The Morgan fingerprint density at radius 1 is 0.909 bits per heavy atom. The van der Waals surface area contributed by atoms with E-state index >= 15 is 4.79 Å². The number of hydrogen-bond donors (Lipinski definition) is 2. The molecule has 0 saturated heterocycles. The van der Waals surface area contributed by atoms with E-state index in [0.29, 0.717) is 12.8 Å². The number of phenols is 2. The van der Waals surface area contributed by atoms with E-state index in [9.17, 15) is 24.6 Å². The second-order valence-electron chi connectivity index (χ2n) is 14.4. The number of phenolic OH excluding ortho intramolecular Hbond substituents is 2. The minimum absolute atomic E-state index is 0.0631. The number of rotatable bonds is 11. The molecule has 0 spiro atoms. The zero-order chi connectivity index (χ0) is 33.4. The lowest BCUT2D eigenvalue weighted by Gasteiger charge is -2.61. The molecule has 0 amide bonds. The number of carbonyl (C=O) groups excluding carboxylic acids is 4. The first-order valence-corrected chi connectivity index (χ1v) is 15.6. The van der Waals surface area contributed by atoms with Crippen LogP contribution in [0.25, 0.3) is 0 Å². The topological polar surface area (TPSA) is 109 Å². The van der Waals surface area contributed by atoms with Crippen LogP contribution in [0.5, 0.6) is 11.5 Å². The Kier molecular flexibility index (Phi) is 10.2. The average Bonchev–Trinajstić information content (AvgIpc) is 2.91. The molecule has 3 rings (SSSR count). The van der Waals surface area contributed by atoms with Crippen molar-refractivity contribution in [1.82, 2.24) is 0 Å². The van der Waals surface area contributed by atoms with E-state index in [1.807, 2.05) is 68.4 Å². The molecule has 0 aromatic heterocycles. The van der Waals surface area contributed by atoms with Gasteiger partial charge in [0.25, 0.3) is 0 Å². The zero-order valence-electron chi connectivity index (χ0n) is 28.0. The molecule has 0 aliphatic heterocycles. The number of ketones is 4. The Morgan fingerprint density at radius 2 is 1.50 bits per heavy atom. The fraction of sp³-hybridized carbons (Fsp3) is 0.526. The molecule has 6 heteroatoms. The van der Waals surface area contributed by atoms with Crippen molar-refractivity contribution in [3.05, 3.63) is 70.9 Å². The monoisotopic (exact) mass is 602 g/mol. The lowest BCUT2D eigenvalue weighted by molar-refractivity contribution is -0.184. The van der Waals surface area contributed by atoms with E-state index in [1.54, 1.807) is 0 Å². The molecule has 0 radical (unpaired) electrons. The molecule has 2 N–H and O–H groups in total. The molecule has 1 aromatic rings. The summed E-state index contributed by atoms with van der Waals surface area (Å²) in [5, 5.41) is 20.1. The van der Waals surface area contributed by atoms with Crippen molar-refractivity contribution in [2.24, 2.45) is 34.0 Å². The van der Waals surface area contributed by atoms with Crippen LogP contribution in [0, 0.1) is 34.0 Å². The zero-order valence-corrected chi connectivity index (χ0v) is 28.0. The predicted molar refractivity (Wildman–Crippen MR) is 174 cm³/mol. The third-order valence-electron chi connectivity index (χ3n) is 10.2. The van der Waals surface area contributed by atoms with Crippen molar-refractivity contribution >= 4 is 23.1 Å². The van der Waals surface area contributed by atoms with E-state index in [4.69, 9.17) is 0 Å². The number of hydrogen-bond acceptors (Lipinski definition) is 6. The second-order valence-corrected chi connectivity index (χ2v) is 14.4. The highest BCUT2D eigenvalue weighted by Crippen LogP contribution is 2.66. The first kappa shape index (κ1) is 34.9. The van der Waals surface area contributed by atoms with Gasteiger partial charge in [-0.15, -0.1) is 0 Å². The normalized spacial score (nSPS) is 26.4. The predicted octanol–water partition coefficient (Wildman–Crippen LogP) is 8.29. The highest BCUT2D eigenvalue weighted by Gasteiger charge is 2.75. The summed E-state index contributed by atoms with van der Waals surface area (Å²) in [6, 6.07) is 3.54. The largest absolute Gasteiger partial charge is 0.504 e. The fourth-order valence-corrected chi connectivity index (χ4v) is 7.29. The maximum atomic E-state index is 15.2. The molecular formula is C38H50O6. The van der Waals surface area contributed by atoms with Crippen LogP contribution in [-0.2, 0) is 14.4 Å². The van der Waals surface area contributed by atoms with Crippen LogP contribution < -0.4 is 0 Å². The van der Waals surface area contributed by atoms with E-state index in [2.05, 4.69) is 18.7 Å². The second kappa shape index (κ2) is 12.8. The van der Waals surface area contributed by atoms with E-state index in [1.165, 1.54) is 6.07 Å². The van der Waals surface area contributed by atoms with Gasteiger partial charge in [0.15, 0.2) is 34.6 Å². The van der Waals surface area contributed by atoms with Gasteiger partial charge in [-0.1, -0.05) is 60.9 Å². The number of fused-ring (bicyclic) bond motifs is 2. The Labute approximate surface area is 263 Å². The molecule has 2 aliphatic carbocycles. The van der Waals surface area contributed by atoms with Crippen LogP contribution in [-0.4, -0.2) is 33.3 Å². The molecule has 238 valence electrons. The Hall–Kier alpha value is -3.54. The maximum absolute atomic E-state index is 15.2. The van der Waals surface area contributed by atoms with Gasteiger partial charge in [0.05, 0.1) is 10.8 Å². The van der Waals surface area contributed by atoms with Crippen molar-refractivity contribution < 1.29 is 29.4 Å². The summed E-state index contributed by atoms with van der Waals surface area (Å²) in [7, 11) is 0. The third kappa shape index (κ3) is 6.05. The van der Waals surface area contributed by atoms with Crippen molar-refractivity contribution in [3.63, 3.8) is 0 Å². The summed E-state index contributed by atoms with van der Waals surface area (Å²) in [6.45, 7) is 21.8. The van der Waals surface area contributed by atoms with Gasteiger partial charge in [-0.3, -0.25) is 19.2 Å². The lowest BCUT2D eigenvalue weighted by Crippen LogP contribution is -2.72. The summed E-state index contributed by atoms with van der Waals surface area (Å²) in [6.07, 6.45) is 7.74. The van der Waals surface area contributed by atoms with Crippen LogP contribution in [0.2, 0.25) is 0 Å². The van der Waals surface area contributed by atoms with Gasteiger partial charge in [-0.05, 0) is 116 Å². The standard InChI is InChI=1S/C38H50O6/c1-22(2)11-13-27(25(7)8)20-37-21-28(15-12-23(3)4)36(9,10)38(35(37)44,18-17-24(5)6)34(43)31(33(37)42)32(41)26-14-16-29(39)30(40)19-26/h11-12,14,16-17,19,27-28,31,39-40H,7,13,15,18,20-21H2,1-6,8-10H3/t27-,28-,31?,37-,38+/m1/s1. The molecule has 2 fully saturated rings. The minimum Gasteiger partial charge on any atom is -0.504 e. The van der Waals surface area contributed by atoms with Crippen molar-refractivity contribution in [3.8, 4) is 11.5 Å². The quantitative estimate of drug-likeness (QED) is 0.114. The summed E-state index contributed by atoms with van der Waals surface area (Å²) < 4.78 is 0.